The van der Waals surface area contributed by atoms with Crippen molar-refractivity contribution in [1.82, 2.24) is 4.98 Å². The number of nitro groups is 1. The van der Waals surface area contributed by atoms with Gasteiger partial charge < -0.3 is 10.4 Å². The Balaban J connectivity index is 3.51. The molecule has 0 unspecified atom stereocenters. The molecular weight excluding hydrogens is 331 g/mol. The van der Waals surface area contributed by atoms with Crippen molar-refractivity contribution < 1.29 is 28.0 Å². The summed E-state index contributed by atoms with van der Waals surface area (Å²) in [5, 5.41) is 22.4. The average molecular weight is 347 g/mol. The first kappa shape index (κ1) is 19.4. The van der Waals surface area contributed by atoms with Gasteiger partial charge in [-0.1, -0.05) is 6.08 Å². The Morgan fingerprint density at radius 1 is 1.50 bits per heavy atom. The molecule has 1 aromatic rings. The number of allylic oxidation sites excluding steroid dienone is 1. The standard InChI is InChI=1S/C14H16F3N3O4/c1-4-5-6-13(2,3)19-11-8(14(15,16)17)7-9(20(23)24)10(18-11)12(21)22/h4,7H,1,5-6H2,2-3H3,(H,18,19)(H,21,22). The second kappa shape index (κ2) is 6.85. The van der Waals surface area contributed by atoms with Crippen LogP contribution in [0.2, 0.25) is 0 Å². The van der Waals surface area contributed by atoms with Gasteiger partial charge in [-0.05, 0) is 26.7 Å². The lowest BCUT2D eigenvalue weighted by Gasteiger charge is -2.28. The molecule has 1 rings (SSSR count). The van der Waals surface area contributed by atoms with Crippen LogP contribution in [0.25, 0.3) is 0 Å². The summed E-state index contributed by atoms with van der Waals surface area (Å²) in [4.78, 5) is 24.1. The van der Waals surface area contributed by atoms with E-state index in [9.17, 15) is 28.1 Å². The van der Waals surface area contributed by atoms with E-state index in [0.29, 0.717) is 12.8 Å². The zero-order valence-electron chi connectivity index (χ0n) is 13.0. The van der Waals surface area contributed by atoms with E-state index in [1.54, 1.807) is 19.9 Å². The number of alkyl halides is 3. The zero-order chi connectivity index (χ0) is 18.7. The molecule has 0 aliphatic heterocycles. The third-order valence-electron chi connectivity index (χ3n) is 3.14. The van der Waals surface area contributed by atoms with E-state index in [1.165, 1.54) is 0 Å². The van der Waals surface area contributed by atoms with Gasteiger partial charge in [0.15, 0.2) is 0 Å². The maximum Gasteiger partial charge on any atom is 0.420 e. The van der Waals surface area contributed by atoms with E-state index in [2.05, 4.69) is 16.9 Å². The summed E-state index contributed by atoms with van der Waals surface area (Å²) in [7, 11) is 0. The molecule has 0 atom stereocenters. The summed E-state index contributed by atoms with van der Waals surface area (Å²) in [5.41, 5.74) is -4.54. The number of carboxylic acid groups (broad SMARTS) is 1. The highest BCUT2D eigenvalue weighted by Crippen LogP contribution is 2.38. The van der Waals surface area contributed by atoms with Crippen molar-refractivity contribution in [1.29, 1.82) is 0 Å². The number of aromatic carboxylic acids is 1. The molecule has 0 radical (unpaired) electrons. The average Bonchev–Trinajstić information content (AvgIpc) is 2.42. The van der Waals surface area contributed by atoms with Crippen molar-refractivity contribution in [3.63, 3.8) is 0 Å². The number of rotatable bonds is 7. The highest BCUT2D eigenvalue weighted by Gasteiger charge is 2.39. The third kappa shape index (κ3) is 4.67. The van der Waals surface area contributed by atoms with Crippen molar-refractivity contribution in [3.8, 4) is 0 Å². The molecule has 7 nitrogen and oxygen atoms in total. The van der Waals surface area contributed by atoms with Crippen LogP contribution in [0.5, 0.6) is 0 Å². The first-order chi connectivity index (χ1) is 10.9. The summed E-state index contributed by atoms with van der Waals surface area (Å²) >= 11 is 0. The van der Waals surface area contributed by atoms with Crippen LogP contribution >= 0.6 is 0 Å². The van der Waals surface area contributed by atoms with Crippen LogP contribution in [0.15, 0.2) is 18.7 Å². The van der Waals surface area contributed by atoms with Crippen molar-refractivity contribution in [2.75, 3.05) is 5.32 Å². The fraction of sp³-hybridized carbons (Fsp3) is 0.429. The number of pyridine rings is 1. The SMILES string of the molecule is C=CCCC(C)(C)Nc1nc(C(=O)O)c([N+](=O)[O-])cc1C(F)(F)F. The molecule has 0 amide bonds. The van der Waals surface area contributed by atoms with E-state index in [4.69, 9.17) is 5.11 Å². The van der Waals surface area contributed by atoms with E-state index in [-0.39, 0.29) is 6.07 Å². The molecule has 0 bridgehead atoms. The van der Waals surface area contributed by atoms with Crippen LogP contribution < -0.4 is 5.32 Å². The van der Waals surface area contributed by atoms with Crippen molar-refractivity contribution in [3.05, 3.63) is 40.1 Å². The maximum atomic E-state index is 13.2. The lowest BCUT2D eigenvalue weighted by molar-refractivity contribution is -0.385. The molecule has 0 spiro atoms. The fourth-order valence-corrected chi connectivity index (χ4v) is 1.96. The number of hydrogen-bond donors (Lipinski definition) is 2. The van der Waals surface area contributed by atoms with Gasteiger partial charge in [-0.15, -0.1) is 6.58 Å². The number of anilines is 1. The number of hydrogen-bond acceptors (Lipinski definition) is 5. The van der Waals surface area contributed by atoms with Gasteiger partial charge in [-0.25, -0.2) is 9.78 Å². The predicted molar refractivity (Wildman–Crippen MR) is 80.0 cm³/mol. The van der Waals surface area contributed by atoms with Gasteiger partial charge >= 0.3 is 17.8 Å². The molecule has 132 valence electrons. The monoisotopic (exact) mass is 347 g/mol. The fourth-order valence-electron chi connectivity index (χ4n) is 1.96. The first-order valence-corrected chi connectivity index (χ1v) is 6.78. The van der Waals surface area contributed by atoms with Gasteiger partial charge in [0.1, 0.15) is 11.4 Å². The molecular formula is C14H16F3N3O4. The molecule has 0 aliphatic rings. The van der Waals surface area contributed by atoms with Crippen LogP contribution in [-0.4, -0.2) is 26.5 Å². The smallest absolute Gasteiger partial charge is 0.420 e. The Kier molecular flexibility index (Phi) is 5.54. The highest BCUT2D eigenvalue weighted by molar-refractivity contribution is 5.91. The minimum Gasteiger partial charge on any atom is -0.476 e. The second-order valence-electron chi connectivity index (χ2n) is 5.65. The lowest BCUT2D eigenvalue weighted by atomic mass is 9.98. The van der Waals surface area contributed by atoms with Crippen molar-refractivity contribution in [2.45, 2.75) is 38.4 Å². The summed E-state index contributed by atoms with van der Waals surface area (Å²) in [6, 6.07) is 0.183. The molecule has 1 heterocycles. The van der Waals surface area contributed by atoms with Gasteiger partial charge in [0.05, 0.1) is 4.92 Å². The summed E-state index contributed by atoms with van der Waals surface area (Å²) in [5.74, 6) is -2.55. The number of nitrogens with one attached hydrogen (secondary N) is 1. The van der Waals surface area contributed by atoms with Crippen LogP contribution in [0.4, 0.5) is 24.7 Å². The summed E-state index contributed by atoms with van der Waals surface area (Å²) in [6.07, 6.45) is -2.46. The number of carboxylic acids is 1. The van der Waals surface area contributed by atoms with E-state index in [1.807, 2.05) is 0 Å². The predicted octanol–water partition coefficient (Wildman–Crippen LogP) is 3.86. The molecule has 10 heteroatoms. The Morgan fingerprint density at radius 2 is 2.08 bits per heavy atom. The van der Waals surface area contributed by atoms with Gasteiger partial charge in [0, 0.05) is 11.6 Å². The van der Waals surface area contributed by atoms with E-state index >= 15 is 0 Å². The summed E-state index contributed by atoms with van der Waals surface area (Å²) in [6.45, 7) is 6.71. The molecule has 2 N–H and O–H groups in total. The van der Waals surface area contributed by atoms with Gasteiger partial charge in [-0.3, -0.25) is 10.1 Å². The first-order valence-electron chi connectivity index (χ1n) is 6.78. The van der Waals surface area contributed by atoms with Crippen LogP contribution in [0.3, 0.4) is 0 Å². The van der Waals surface area contributed by atoms with Crippen LogP contribution in [-0.2, 0) is 6.18 Å². The van der Waals surface area contributed by atoms with Crippen molar-refractivity contribution in [2.24, 2.45) is 0 Å². The Labute approximate surface area is 135 Å². The maximum absolute atomic E-state index is 13.2. The molecule has 24 heavy (non-hydrogen) atoms. The third-order valence-corrected chi connectivity index (χ3v) is 3.14. The number of aromatic nitrogens is 1. The van der Waals surface area contributed by atoms with Gasteiger partial charge in [0.25, 0.3) is 0 Å². The Morgan fingerprint density at radius 3 is 2.50 bits per heavy atom. The molecule has 0 aliphatic carbocycles. The Bertz CT molecular complexity index is 672. The van der Waals surface area contributed by atoms with Gasteiger partial charge in [-0.2, -0.15) is 13.2 Å². The molecule has 1 aromatic heterocycles. The van der Waals surface area contributed by atoms with Crippen LogP contribution in [0.1, 0.15) is 42.7 Å². The van der Waals surface area contributed by atoms with Crippen molar-refractivity contribution >= 4 is 17.5 Å². The molecule has 0 saturated heterocycles. The zero-order valence-corrected chi connectivity index (χ0v) is 13.0. The van der Waals surface area contributed by atoms with Crippen LogP contribution in [0, 0.1) is 10.1 Å². The largest absolute Gasteiger partial charge is 0.476 e. The lowest BCUT2D eigenvalue weighted by Crippen LogP contribution is -2.32. The topological polar surface area (TPSA) is 105 Å². The van der Waals surface area contributed by atoms with E-state index < -0.39 is 45.4 Å². The van der Waals surface area contributed by atoms with Gasteiger partial charge in [0.2, 0.25) is 5.69 Å². The highest BCUT2D eigenvalue weighted by atomic mass is 19.4. The summed E-state index contributed by atoms with van der Waals surface area (Å²) < 4.78 is 39.6. The number of nitrogens with zero attached hydrogens (tertiary/aromatic N) is 2. The minimum atomic E-state index is -4.94. The normalized spacial score (nSPS) is 11.9. The quantitative estimate of drug-likeness (QED) is 0.441. The number of carbonyl (C=O) groups is 1. The minimum absolute atomic E-state index is 0.183. The molecule has 0 saturated carbocycles. The number of halogens is 3. The second-order valence-corrected chi connectivity index (χ2v) is 5.65. The Hall–Kier alpha value is -2.65. The molecule has 0 aromatic carbocycles. The van der Waals surface area contributed by atoms with E-state index in [0.717, 1.165) is 0 Å². The molecule has 0 fully saturated rings.